The molecule has 7 heteroatoms. The summed E-state index contributed by atoms with van der Waals surface area (Å²) in [5, 5.41) is 7.52. The lowest BCUT2D eigenvalue weighted by Crippen LogP contribution is -2.38. The molecule has 26 heavy (non-hydrogen) atoms. The fraction of sp³-hybridized carbons (Fsp3) is 0.474. The second-order valence-electron chi connectivity index (χ2n) is 6.60. The van der Waals surface area contributed by atoms with E-state index >= 15 is 0 Å². The Balaban J connectivity index is 0.000000613. The van der Waals surface area contributed by atoms with Gasteiger partial charge < -0.3 is 19.2 Å². The van der Waals surface area contributed by atoms with Gasteiger partial charge in [0, 0.05) is 37.3 Å². The van der Waals surface area contributed by atoms with Crippen LogP contribution >= 0.6 is 0 Å². The van der Waals surface area contributed by atoms with Crippen LogP contribution in [0.1, 0.15) is 18.4 Å². The predicted molar refractivity (Wildman–Crippen MR) is 97.6 cm³/mol. The van der Waals surface area contributed by atoms with E-state index in [1.54, 1.807) is 25.5 Å². The minimum atomic E-state index is -0.250. The molecule has 140 valence electrons. The summed E-state index contributed by atoms with van der Waals surface area (Å²) < 4.78 is 10.9. The zero-order chi connectivity index (χ0) is 18.5. The first kappa shape index (κ1) is 18.4. The third-order valence-electron chi connectivity index (χ3n) is 5.20. The molecule has 3 aliphatic rings. The Labute approximate surface area is 151 Å². The molecule has 1 aromatic carbocycles. The van der Waals surface area contributed by atoms with Crippen molar-refractivity contribution in [3.8, 4) is 5.75 Å². The summed E-state index contributed by atoms with van der Waals surface area (Å²) in [6.07, 6.45) is 4.04. The van der Waals surface area contributed by atoms with Crippen molar-refractivity contribution in [1.29, 1.82) is 0 Å². The lowest BCUT2D eigenvalue weighted by atomic mass is 10.0. The van der Waals surface area contributed by atoms with Crippen molar-refractivity contribution >= 4 is 17.4 Å². The van der Waals surface area contributed by atoms with Gasteiger partial charge >= 0.3 is 0 Å². The molecule has 5 rings (SSSR count). The van der Waals surface area contributed by atoms with Crippen LogP contribution in [0.15, 0.2) is 33.7 Å². The highest BCUT2D eigenvalue weighted by Gasteiger charge is 2.29. The topological polar surface area (TPSA) is 83.2 Å². The fourth-order valence-corrected chi connectivity index (χ4v) is 3.77. The number of nitrogens with zero attached hydrogens (tertiary/aromatic N) is 2. The molecule has 3 fully saturated rings. The van der Waals surface area contributed by atoms with Gasteiger partial charge in [-0.15, -0.1) is 0 Å². The van der Waals surface area contributed by atoms with Crippen LogP contribution in [0.5, 0.6) is 5.75 Å². The number of methoxy groups -OCH3 is 1. The van der Waals surface area contributed by atoms with E-state index in [1.165, 1.54) is 25.9 Å². The van der Waals surface area contributed by atoms with E-state index in [-0.39, 0.29) is 11.9 Å². The van der Waals surface area contributed by atoms with Crippen molar-refractivity contribution in [2.75, 3.05) is 33.3 Å². The summed E-state index contributed by atoms with van der Waals surface area (Å²) in [5.41, 5.74) is 1.41. The quantitative estimate of drug-likeness (QED) is 0.836. The van der Waals surface area contributed by atoms with Crippen LogP contribution in [0.3, 0.4) is 0 Å². The average molecular weight is 360 g/mol. The summed E-state index contributed by atoms with van der Waals surface area (Å²) in [6.45, 7) is 4.95. The van der Waals surface area contributed by atoms with Crippen LogP contribution in [0, 0.1) is 0 Å². The van der Waals surface area contributed by atoms with Gasteiger partial charge in [0.25, 0.3) is 6.47 Å². The normalized spacial score (nSPS) is 22.3. The van der Waals surface area contributed by atoms with Crippen LogP contribution in [-0.2, 0) is 11.3 Å². The molecule has 1 N–H and O–H groups in total. The van der Waals surface area contributed by atoms with E-state index in [1.807, 2.05) is 6.07 Å². The van der Waals surface area contributed by atoms with Gasteiger partial charge in [-0.3, -0.25) is 14.5 Å². The van der Waals surface area contributed by atoms with Gasteiger partial charge in [-0.1, -0.05) is 0 Å². The van der Waals surface area contributed by atoms with Gasteiger partial charge in [0.1, 0.15) is 11.3 Å². The highest BCUT2D eigenvalue weighted by molar-refractivity contribution is 5.78. The van der Waals surface area contributed by atoms with Crippen LogP contribution < -0.4 is 10.2 Å². The van der Waals surface area contributed by atoms with Crippen LogP contribution in [0.2, 0.25) is 0 Å². The monoisotopic (exact) mass is 360 g/mol. The molecule has 2 bridgehead atoms. The molecule has 0 amide bonds. The van der Waals surface area contributed by atoms with Crippen LogP contribution in [0.4, 0.5) is 0 Å². The van der Waals surface area contributed by atoms with E-state index in [0.717, 1.165) is 18.7 Å². The summed E-state index contributed by atoms with van der Waals surface area (Å²) in [5.74, 6) is 0.701. The first-order valence-electron chi connectivity index (χ1n) is 8.79. The number of piperidine rings is 1. The maximum atomic E-state index is 12.8. The molecule has 7 nitrogen and oxygen atoms in total. The minimum absolute atomic E-state index is 0.0769. The molecular formula is C19H24N2O5. The fourth-order valence-electron chi connectivity index (χ4n) is 3.77. The molecule has 0 atom stereocenters. The Morgan fingerprint density at radius 3 is 2.69 bits per heavy atom. The maximum Gasteiger partial charge on any atom is 0.290 e. The highest BCUT2D eigenvalue weighted by atomic mass is 16.5. The van der Waals surface area contributed by atoms with Crippen molar-refractivity contribution < 1.29 is 19.1 Å². The van der Waals surface area contributed by atoms with Crippen LogP contribution in [0.25, 0.3) is 11.0 Å². The largest absolute Gasteiger partial charge is 0.497 e. The lowest BCUT2D eigenvalue weighted by Gasteiger charge is -2.31. The molecule has 3 aliphatic heterocycles. The zero-order valence-electron chi connectivity index (χ0n) is 14.9. The van der Waals surface area contributed by atoms with Crippen molar-refractivity contribution in [2.45, 2.75) is 25.4 Å². The minimum Gasteiger partial charge on any atom is -0.497 e. The van der Waals surface area contributed by atoms with E-state index < -0.39 is 0 Å². The third kappa shape index (κ3) is 3.89. The predicted octanol–water partition coefficient (Wildman–Crippen LogP) is 1.78. The standard InChI is InChI=1S/C18H22N2O3.CH2O2/c1-22-15-2-3-16-17(10-15)23-12-13(18(16)21)11-20-9-8-19-6-4-14(20)5-7-19;2-1-3/h2-3,10,12,14H,4-9,11H2,1H3;1H,(H,2,3). The lowest BCUT2D eigenvalue weighted by molar-refractivity contribution is -0.122. The van der Waals surface area contributed by atoms with Gasteiger partial charge in [-0.2, -0.15) is 0 Å². The third-order valence-corrected chi connectivity index (χ3v) is 5.20. The second-order valence-corrected chi connectivity index (χ2v) is 6.60. The summed E-state index contributed by atoms with van der Waals surface area (Å²) >= 11 is 0. The molecule has 3 saturated heterocycles. The first-order valence-corrected chi connectivity index (χ1v) is 8.79. The first-order chi connectivity index (χ1) is 12.7. The molecule has 0 aliphatic carbocycles. The SMILES string of the molecule is COc1ccc2c(=O)c(CN3CCN4CCC3CC4)coc2c1.O=CO. The van der Waals surface area contributed by atoms with Crippen molar-refractivity contribution in [1.82, 2.24) is 9.80 Å². The number of carbonyl (C=O) groups is 1. The zero-order valence-corrected chi connectivity index (χ0v) is 14.9. The molecule has 0 unspecified atom stereocenters. The molecule has 0 saturated carbocycles. The molecule has 0 spiro atoms. The molecule has 2 aromatic rings. The van der Waals surface area contributed by atoms with Crippen LogP contribution in [-0.4, -0.2) is 60.7 Å². The van der Waals surface area contributed by atoms with E-state index in [2.05, 4.69) is 9.80 Å². The number of hydrogen-bond acceptors (Lipinski definition) is 6. The number of carboxylic acid groups (broad SMARTS) is 1. The Morgan fingerprint density at radius 2 is 2.00 bits per heavy atom. The second kappa shape index (κ2) is 8.33. The van der Waals surface area contributed by atoms with Gasteiger partial charge in [0.2, 0.25) is 0 Å². The van der Waals surface area contributed by atoms with Crippen molar-refractivity contribution in [3.63, 3.8) is 0 Å². The number of fused-ring (bicyclic) bond motifs is 5. The molecule has 0 radical (unpaired) electrons. The average Bonchev–Trinajstić information content (AvgIpc) is 2.98. The van der Waals surface area contributed by atoms with E-state index in [0.29, 0.717) is 29.3 Å². The van der Waals surface area contributed by atoms with E-state index in [9.17, 15) is 4.79 Å². The van der Waals surface area contributed by atoms with Crippen molar-refractivity contribution in [2.24, 2.45) is 0 Å². The number of hydrogen-bond donors (Lipinski definition) is 1. The van der Waals surface area contributed by atoms with Crippen molar-refractivity contribution in [3.05, 3.63) is 40.2 Å². The summed E-state index contributed by atoms with van der Waals surface area (Å²) in [7, 11) is 1.61. The van der Waals surface area contributed by atoms with Gasteiger partial charge in [0.15, 0.2) is 5.43 Å². The number of ether oxygens (including phenoxy) is 1. The number of benzene rings is 1. The molecule has 4 heterocycles. The Bertz CT molecular complexity index is 811. The van der Waals surface area contributed by atoms with Gasteiger partial charge in [-0.05, 0) is 38.1 Å². The molecular weight excluding hydrogens is 336 g/mol. The summed E-state index contributed by atoms with van der Waals surface area (Å²) in [4.78, 5) is 26.1. The maximum absolute atomic E-state index is 12.8. The van der Waals surface area contributed by atoms with Gasteiger partial charge in [0.05, 0.1) is 18.8 Å². The van der Waals surface area contributed by atoms with E-state index in [4.69, 9.17) is 19.1 Å². The Kier molecular flexibility index (Phi) is 5.90. The summed E-state index contributed by atoms with van der Waals surface area (Å²) in [6, 6.07) is 5.97. The Morgan fingerprint density at radius 1 is 1.27 bits per heavy atom. The number of rotatable bonds is 3. The smallest absolute Gasteiger partial charge is 0.290 e. The highest BCUT2D eigenvalue weighted by Crippen LogP contribution is 2.23. The molecule has 1 aromatic heterocycles. The Hall–Kier alpha value is -2.38. The van der Waals surface area contributed by atoms with Gasteiger partial charge in [-0.25, -0.2) is 0 Å².